The molecule has 2 aliphatic rings. The summed E-state index contributed by atoms with van der Waals surface area (Å²) in [5, 5.41) is 27.4. The predicted molar refractivity (Wildman–Crippen MR) is 234 cm³/mol. The van der Waals surface area contributed by atoms with Crippen LogP contribution in [0.3, 0.4) is 0 Å². The van der Waals surface area contributed by atoms with E-state index in [0.717, 1.165) is 59.3 Å². The standard InChI is InChI=1S/C42H44FN13O5S/c1-26-41(56(60)61)62-42(47-26)50-40(59)31-12-11-30(23-33(31)48-27(2)57)44-15-16-45-39(58)25-52-18-20-53(21-19-52)37-10-4-8-32(49-37)35-24-46-36-13-14-38(51-55(35)36)54-17-5-9-34(54)28-6-3-7-29(43)22-28/h3-4,6-8,10-14,22-24,34,44H,5,9,15-21,25H2,1-2H3,(H,45,58)(H,48,57)(H,47,50,59). The molecule has 6 aromatic rings. The van der Waals surface area contributed by atoms with Gasteiger partial charge in [0.15, 0.2) is 10.8 Å². The van der Waals surface area contributed by atoms with Crippen LogP contribution in [0.4, 0.5) is 37.5 Å². The zero-order chi connectivity index (χ0) is 43.3. The second-order valence-corrected chi connectivity index (χ2v) is 16.0. The number of benzene rings is 2. The molecule has 2 fully saturated rings. The lowest BCUT2D eigenvalue weighted by Gasteiger charge is -2.35. The van der Waals surface area contributed by atoms with Crippen LogP contribution >= 0.6 is 11.3 Å². The van der Waals surface area contributed by atoms with Crippen LogP contribution in [0.15, 0.2) is 79.0 Å². The van der Waals surface area contributed by atoms with Gasteiger partial charge >= 0.3 is 5.00 Å². The number of aryl methyl sites for hydroxylation is 1. The summed E-state index contributed by atoms with van der Waals surface area (Å²) in [6, 6.07) is 21.4. The van der Waals surface area contributed by atoms with Crippen molar-refractivity contribution in [1.29, 1.82) is 0 Å². The average Bonchev–Trinajstić information content (AvgIpc) is 4.01. The highest BCUT2D eigenvalue weighted by Crippen LogP contribution is 2.36. The second kappa shape index (κ2) is 18.3. The molecule has 1 unspecified atom stereocenters. The number of hydrogen-bond donors (Lipinski definition) is 4. The number of aromatic nitrogens is 5. The molecule has 4 aromatic heterocycles. The Morgan fingerprint density at radius 3 is 2.53 bits per heavy atom. The van der Waals surface area contributed by atoms with Gasteiger partial charge in [-0.2, -0.15) is 0 Å². The van der Waals surface area contributed by atoms with Crippen LogP contribution in [-0.2, 0) is 9.59 Å². The molecule has 0 radical (unpaired) electrons. The smallest absolute Gasteiger partial charge is 0.348 e. The number of rotatable bonds is 14. The number of nitrogens with zero attached hydrogens (tertiary/aromatic N) is 9. The minimum Gasteiger partial charge on any atom is -0.383 e. The molecule has 0 spiro atoms. The first-order valence-electron chi connectivity index (χ1n) is 20.2. The van der Waals surface area contributed by atoms with Crippen molar-refractivity contribution in [3.8, 4) is 11.4 Å². The Labute approximate surface area is 359 Å². The number of thiazole rings is 1. The Balaban J connectivity index is 0.819. The van der Waals surface area contributed by atoms with E-state index in [2.05, 4.69) is 45.9 Å². The minimum absolute atomic E-state index is 0.0375. The number of halogens is 1. The molecule has 3 amide bonds. The van der Waals surface area contributed by atoms with Crippen molar-refractivity contribution in [3.05, 3.63) is 112 Å². The molecule has 0 bridgehead atoms. The predicted octanol–water partition coefficient (Wildman–Crippen LogP) is 5.51. The summed E-state index contributed by atoms with van der Waals surface area (Å²) < 4.78 is 15.9. The van der Waals surface area contributed by atoms with Crippen LogP contribution in [0.25, 0.3) is 17.0 Å². The molecular weight excluding hydrogens is 818 g/mol. The lowest BCUT2D eigenvalue weighted by molar-refractivity contribution is -0.380. The van der Waals surface area contributed by atoms with Crippen LogP contribution in [0.1, 0.15) is 47.4 Å². The highest BCUT2D eigenvalue weighted by molar-refractivity contribution is 7.19. The van der Waals surface area contributed by atoms with Crippen molar-refractivity contribution in [1.82, 2.24) is 34.8 Å². The van der Waals surface area contributed by atoms with Crippen molar-refractivity contribution >= 4 is 67.8 Å². The number of piperazine rings is 1. The number of nitrogens with one attached hydrogen (secondary N) is 4. The maximum Gasteiger partial charge on any atom is 0.348 e. The van der Waals surface area contributed by atoms with E-state index in [4.69, 9.17) is 10.1 Å². The molecular formula is C42H44FN13O5S. The molecule has 2 aromatic carbocycles. The quantitative estimate of drug-likeness (QED) is 0.0607. The lowest BCUT2D eigenvalue weighted by Crippen LogP contribution is -2.50. The van der Waals surface area contributed by atoms with Crippen LogP contribution in [0, 0.1) is 22.9 Å². The molecule has 62 heavy (non-hydrogen) atoms. The monoisotopic (exact) mass is 861 g/mol. The largest absolute Gasteiger partial charge is 0.383 e. The molecule has 0 saturated carbocycles. The summed E-state index contributed by atoms with van der Waals surface area (Å²) in [4.78, 5) is 68.7. The van der Waals surface area contributed by atoms with Gasteiger partial charge in [-0.15, -0.1) is 5.10 Å². The van der Waals surface area contributed by atoms with E-state index in [-0.39, 0.29) is 57.3 Å². The number of anilines is 5. The van der Waals surface area contributed by atoms with E-state index in [0.29, 0.717) is 50.6 Å². The lowest BCUT2D eigenvalue weighted by atomic mass is 10.0. The van der Waals surface area contributed by atoms with Crippen molar-refractivity contribution in [2.45, 2.75) is 32.7 Å². The fourth-order valence-electron chi connectivity index (χ4n) is 7.76. The van der Waals surface area contributed by atoms with Crippen LogP contribution in [-0.4, -0.2) is 104 Å². The molecule has 0 aliphatic carbocycles. The number of nitro groups is 1. The first kappa shape index (κ1) is 41.7. The SMILES string of the molecule is CC(=O)Nc1cc(NCCNC(=O)CN2CCN(c3cccc(-c4cnc5ccc(N6CCCC6c6cccc(F)c6)nn45)n3)CC2)ccc1C(=O)Nc1nc(C)c([N+](=O)[O-])s1. The molecule has 18 nitrogen and oxygen atoms in total. The minimum atomic E-state index is -0.589. The third-order valence-corrected chi connectivity index (χ3v) is 11.7. The van der Waals surface area contributed by atoms with Gasteiger partial charge < -0.3 is 25.8 Å². The number of pyridine rings is 1. The topological polar surface area (TPSA) is 208 Å². The maximum absolute atomic E-state index is 14.1. The molecule has 20 heteroatoms. The molecule has 4 N–H and O–H groups in total. The van der Waals surface area contributed by atoms with E-state index >= 15 is 0 Å². The highest BCUT2D eigenvalue weighted by Gasteiger charge is 2.29. The van der Waals surface area contributed by atoms with Gasteiger partial charge in [-0.1, -0.05) is 18.2 Å². The van der Waals surface area contributed by atoms with Crippen molar-refractivity contribution < 1.29 is 23.7 Å². The third kappa shape index (κ3) is 9.45. The van der Waals surface area contributed by atoms with Crippen LogP contribution < -0.4 is 31.1 Å². The zero-order valence-electron chi connectivity index (χ0n) is 34.0. The number of carbonyl (C=O) groups excluding carboxylic acids is 3. The first-order chi connectivity index (χ1) is 30.0. The fourth-order valence-corrected chi connectivity index (χ4v) is 8.54. The van der Waals surface area contributed by atoms with E-state index < -0.39 is 10.8 Å². The molecule has 2 aliphatic heterocycles. The Morgan fingerprint density at radius 1 is 0.935 bits per heavy atom. The highest BCUT2D eigenvalue weighted by atomic mass is 32.1. The summed E-state index contributed by atoms with van der Waals surface area (Å²) in [5.74, 6) is 0.288. The summed E-state index contributed by atoms with van der Waals surface area (Å²) in [7, 11) is 0. The van der Waals surface area contributed by atoms with E-state index in [9.17, 15) is 28.9 Å². The van der Waals surface area contributed by atoms with Crippen molar-refractivity contribution in [2.75, 3.05) is 78.1 Å². The number of carbonyl (C=O) groups is 3. The normalized spacial score (nSPS) is 15.4. The summed E-state index contributed by atoms with van der Waals surface area (Å²) in [6.07, 6.45) is 3.68. The fraction of sp³-hybridized carbons (Fsp3) is 0.310. The summed E-state index contributed by atoms with van der Waals surface area (Å²) >= 11 is 0.747. The van der Waals surface area contributed by atoms with E-state index in [1.165, 1.54) is 26.0 Å². The summed E-state index contributed by atoms with van der Waals surface area (Å²) in [6.45, 7) is 7.30. The van der Waals surface area contributed by atoms with E-state index in [1.54, 1.807) is 30.5 Å². The number of hydrogen-bond acceptors (Lipinski definition) is 14. The van der Waals surface area contributed by atoms with Gasteiger partial charge in [-0.3, -0.25) is 34.7 Å². The second-order valence-electron chi connectivity index (χ2n) is 15.0. The van der Waals surface area contributed by atoms with Gasteiger partial charge in [0.25, 0.3) is 5.91 Å². The van der Waals surface area contributed by atoms with Gasteiger partial charge in [0.2, 0.25) is 11.8 Å². The Kier molecular flexibility index (Phi) is 12.3. The van der Waals surface area contributed by atoms with Gasteiger partial charge in [-0.25, -0.2) is 23.9 Å². The van der Waals surface area contributed by atoms with Crippen LogP contribution in [0.5, 0.6) is 0 Å². The average molecular weight is 862 g/mol. The molecule has 1 atom stereocenters. The third-order valence-electron chi connectivity index (χ3n) is 10.7. The number of amides is 3. The molecule has 8 rings (SSSR count). The van der Waals surface area contributed by atoms with Crippen LogP contribution in [0.2, 0.25) is 0 Å². The van der Waals surface area contributed by atoms with Gasteiger partial charge in [0.1, 0.15) is 28.8 Å². The Morgan fingerprint density at radius 2 is 1.76 bits per heavy atom. The Bertz CT molecular complexity index is 2650. The maximum atomic E-state index is 14.1. The first-order valence-corrected chi connectivity index (χ1v) is 21.0. The van der Waals surface area contributed by atoms with Gasteiger partial charge in [-0.05, 0) is 91.3 Å². The number of fused-ring (bicyclic) bond motifs is 1. The van der Waals surface area contributed by atoms with E-state index in [1.807, 2.05) is 40.9 Å². The summed E-state index contributed by atoms with van der Waals surface area (Å²) in [5.41, 5.74) is 4.32. The molecule has 320 valence electrons. The van der Waals surface area contributed by atoms with Crippen molar-refractivity contribution in [2.24, 2.45) is 0 Å². The van der Waals surface area contributed by atoms with Gasteiger partial charge in [0.05, 0.1) is 40.7 Å². The van der Waals surface area contributed by atoms with Gasteiger partial charge in [0, 0.05) is 58.4 Å². The van der Waals surface area contributed by atoms with Crippen molar-refractivity contribution in [3.63, 3.8) is 0 Å². The zero-order valence-corrected chi connectivity index (χ0v) is 34.8. The molecule has 6 heterocycles. The Hall–Kier alpha value is -7.06. The molecule has 2 saturated heterocycles. The number of imidazole rings is 1.